The highest BCUT2D eigenvalue weighted by Gasteiger charge is 2.09. The van der Waals surface area contributed by atoms with E-state index in [0.29, 0.717) is 29.4 Å². The molecule has 0 saturated carbocycles. The van der Waals surface area contributed by atoms with E-state index < -0.39 is 11.6 Å². The van der Waals surface area contributed by atoms with Crippen molar-refractivity contribution < 1.29 is 33.0 Å². The molecular formula is C22H16Br2F2O5. The lowest BCUT2D eigenvalue weighted by Crippen LogP contribution is -1.98. The van der Waals surface area contributed by atoms with Gasteiger partial charge in [0.2, 0.25) is 0 Å². The summed E-state index contributed by atoms with van der Waals surface area (Å²) in [7, 11) is 1.60. The Labute approximate surface area is 193 Å². The van der Waals surface area contributed by atoms with E-state index in [2.05, 4.69) is 31.9 Å². The maximum Gasteiger partial charge on any atom is 0.154 e. The molecule has 0 saturated heterocycles. The number of carbonyl (C=O) groups is 2. The van der Waals surface area contributed by atoms with Crippen molar-refractivity contribution in [2.75, 3.05) is 7.11 Å². The van der Waals surface area contributed by atoms with Crippen molar-refractivity contribution >= 4 is 44.4 Å². The SMILES string of the molecule is COc1ccc(COc2cc(F)c(C=O)c(Br)c2)cc1.O=Cc1c(F)cc(O)cc1Br. The van der Waals surface area contributed by atoms with E-state index >= 15 is 0 Å². The van der Waals surface area contributed by atoms with E-state index in [4.69, 9.17) is 14.6 Å². The maximum atomic E-state index is 13.6. The number of hydrogen-bond donors (Lipinski definition) is 1. The zero-order chi connectivity index (χ0) is 23.0. The number of phenolic OH excluding ortho intramolecular Hbond substituents is 1. The molecule has 0 spiro atoms. The van der Waals surface area contributed by atoms with Gasteiger partial charge in [-0.15, -0.1) is 0 Å². The van der Waals surface area contributed by atoms with Gasteiger partial charge >= 0.3 is 0 Å². The standard InChI is InChI=1S/C15H12BrFO3.C7H4BrFO2/c1-19-11-4-2-10(3-5-11)9-20-12-6-14(16)13(8-18)15(17)7-12;8-6-1-4(11)2-7(9)5(6)3-10/h2-8H,9H2,1H3;1-3,11H. The summed E-state index contributed by atoms with van der Waals surface area (Å²) in [6, 6.07) is 12.3. The van der Waals surface area contributed by atoms with Gasteiger partial charge in [-0.2, -0.15) is 0 Å². The number of carbonyl (C=O) groups excluding carboxylic acids is 2. The van der Waals surface area contributed by atoms with Gasteiger partial charge in [-0.3, -0.25) is 9.59 Å². The fraction of sp³-hybridized carbons (Fsp3) is 0.0909. The van der Waals surface area contributed by atoms with Crippen LogP contribution in [0.25, 0.3) is 0 Å². The predicted molar refractivity (Wildman–Crippen MR) is 118 cm³/mol. The molecule has 0 amide bonds. The van der Waals surface area contributed by atoms with E-state index in [9.17, 15) is 18.4 Å². The third-order valence-corrected chi connectivity index (χ3v) is 5.23. The van der Waals surface area contributed by atoms with Crippen molar-refractivity contribution in [3.63, 3.8) is 0 Å². The second-order valence-electron chi connectivity index (χ2n) is 6.00. The molecule has 3 aromatic rings. The van der Waals surface area contributed by atoms with Crippen molar-refractivity contribution in [1.29, 1.82) is 0 Å². The molecule has 0 aliphatic heterocycles. The average Bonchev–Trinajstić information content (AvgIpc) is 2.72. The fourth-order valence-electron chi connectivity index (χ4n) is 2.33. The van der Waals surface area contributed by atoms with E-state index in [1.807, 2.05) is 24.3 Å². The largest absolute Gasteiger partial charge is 0.508 e. The molecule has 0 aliphatic rings. The van der Waals surface area contributed by atoms with Crippen molar-refractivity contribution in [2.45, 2.75) is 6.61 Å². The molecule has 0 fully saturated rings. The van der Waals surface area contributed by atoms with Crippen LogP contribution in [0.3, 0.4) is 0 Å². The molecule has 0 aliphatic carbocycles. The van der Waals surface area contributed by atoms with Gasteiger partial charge in [0.05, 0.1) is 18.2 Å². The highest BCUT2D eigenvalue weighted by atomic mass is 79.9. The minimum atomic E-state index is -0.730. The Morgan fingerprint density at radius 2 is 1.42 bits per heavy atom. The molecule has 0 unspecified atom stereocenters. The number of halogens is 4. The maximum absolute atomic E-state index is 13.6. The number of benzene rings is 3. The predicted octanol–water partition coefficient (Wildman–Crippen LogP) is 6.09. The summed E-state index contributed by atoms with van der Waals surface area (Å²) in [5.74, 6) is -0.431. The van der Waals surface area contributed by atoms with E-state index in [-0.39, 0.29) is 21.3 Å². The van der Waals surface area contributed by atoms with Crippen LogP contribution < -0.4 is 9.47 Å². The van der Waals surface area contributed by atoms with E-state index in [1.165, 1.54) is 12.1 Å². The van der Waals surface area contributed by atoms with Gasteiger partial charge in [0.15, 0.2) is 12.6 Å². The molecule has 0 atom stereocenters. The van der Waals surface area contributed by atoms with Crippen LogP contribution in [-0.2, 0) is 6.61 Å². The lowest BCUT2D eigenvalue weighted by molar-refractivity contribution is 0.111. The van der Waals surface area contributed by atoms with Crippen LogP contribution >= 0.6 is 31.9 Å². The van der Waals surface area contributed by atoms with Crippen molar-refractivity contribution in [2.24, 2.45) is 0 Å². The minimum absolute atomic E-state index is 0.0122. The number of aromatic hydroxyl groups is 1. The normalized spacial score (nSPS) is 9.97. The number of phenols is 1. The Morgan fingerprint density at radius 3 is 1.90 bits per heavy atom. The smallest absolute Gasteiger partial charge is 0.154 e. The first-order chi connectivity index (χ1) is 14.8. The van der Waals surface area contributed by atoms with Crippen LogP contribution in [0, 0.1) is 11.6 Å². The Balaban J connectivity index is 0.000000262. The van der Waals surface area contributed by atoms with Gasteiger partial charge in [-0.1, -0.05) is 12.1 Å². The highest BCUT2D eigenvalue weighted by Crippen LogP contribution is 2.26. The molecule has 0 radical (unpaired) electrons. The van der Waals surface area contributed by atoms with Crippen molar-refractivity contribution in [1.82, 2.24) is 0 Å². The molecule has 5 nitrogen and oxygen atoms in total. The molecular weight excluding hydrogens is 542 g/mol. The van der Waals surface area contributed by atoms with E-state index in [0.717, 1.165) is 17.4 Å². The lowest BCUT2D eigenvalue weighted by atomic mass is 10.2. The van der Waals surface area contributed by atoms with Crippen LogP contribution in [0.1, 0.15) is 26.3 Å². The molecule has 0 bridgehead atoms. The first-order valence-corrected chi connectivity index (χ1v) is 10.2. The number of ether oxygens (including phenoxy) is 2. The summed E-state index contributed by atoms with van der Waals surface area (Å²) in [6.45, 7) is 0.302. The summed E-state index contributed by atoms with van der Waals surface area (Å²) < 4.78 is 37.5. The average molecular weight is 558 g/mol. The summed E-state index contributed by atoms with van der Waals surface area (Å²) in [6.07, 6.45) is 0.853. The third-order valence-electron chi connectivity index (χ3n) is 3.92. The van der Waals surface area contributed by atoms with Crippen molar-refractivity contribution in [3.8, 4) is 17.2 Å². The van der Waals surface area contributed by atoms with Gasteiger partial charge < -0.3 is 14.6 Å². The van der Waals surface area contributed by atoms with Gasteiger partial charge in [0.1, 0.15) is 35.5 Å². The monoisotopic (exact) mass is 556 g/mol. The molecule has 0 heterocycles. The van der Waals surface area contributed by atoms with Gasteiger partial charge in [0.25, 0.3) is 0 Å². The zero-order valence-electron chi connectivity index (χ0n) is 16.1. The third kappa shape index (κ3) is 6.86. The second kappa shape index (κ2) is 11.6. The molecule has 1 N–H and O–H groups in total. The van der Waals surface area contributed by atoms with Gasteiger partial charge in [-0.05, 0) is 61.7 Å². The van der Waals surface area contributed by atoms with Crippen LogP contribution in [0.4, 0.5) is 8.78 Å². The zero-order valence-corrected chi connectivity index (χ0v) is 19.2. The molecule has 162 valence electrons. The highest BCUT2D eigenvalue weighted by molar-refractivity contribution is 9.10. The molecule has 9 heteroatoms. The molecule has 31 heavy (non-hydrogen) atoms. The number of hydrogen-bond acceptors (Lipinski definition) is 5. The molecule has 0 aromatic heterocycles. The minimum Gasteiger partial charge on any atom is -0.508 e. The fourth-order valence-corrected chi connectivity index (χ4v) is 3.35. The summed E-state index contributed by atoms with van der Waals surface area (Å²) in [5.41, 5.74) is 0.839. The van der Waals surface area contributed by atoms with Crippen molar-refractivity contribution in [3.05, 3.63) is 85.8 Å². The summed E-state index contributed by atoms with van der Waals surface area (Å²) >= 11 is 6.06. The van der Waals surface area contributed by atoms with Gasteiger partial charge in [0, 0.05) is 21.1 Å². The van der Waals surface area contributed by atoms with Crippen LogP contribution in [0.5, 0.6) is 17.2 Å². The quantitative estimate of drug-likeness (QED) is 0.371. The second-order valence-corrected chi connectivity index (χ2v) is 7.70. The number of aldehydes is 2. The summed E-state index contributed by atoms with van der Waals surface area (Å²) in [4.78, 5) is 20.9. The number of rotatable bonds is 6. The Morgan fingerprint density at radius 1 is 0.871 bits per heavy atom. The van der Waals surface area contributed by atoms with Crippen LogP contribution in [0.15, 0.2) is 57.5 Å². The molecule has 3 aromatic carbocycles. The first-order valence-electron chi connectivity index (χ1n) is 8.62. The topological polar surface area (TPSA) is 72.8 Å². The number of methoxy groups -OCH3 is 1. The van der Waals surface area contributed by atoms with Crippen LogP contribution in [0.2, 0.25) is 0 Å². The summed E-state index contributed by atoms with van der Waals surface area (Å²) in [5, 5.41) is 8.83. The lowest BCUT2D eigenvalue weighted by Gasteiger charge is -2.09. The Kier molecular flexibility index (Phi) is 9.14. The molecule has 3 rings (SSSR count). The first kappa shape index (κ1) is 24.5. The van der Waals surface area contributed by atoms with E-state index in [1.54, 1.807) is 13.2 Å². The van der Waals surface area contributed by atoms with Crippen LogP contribution in [-0.4, -0.2) is 24.8 Å². The van der Waals surface area contributed by atoms with Gasteiger partial charge in [-0.25, -0.2) is 8.78 Å². The Hall–Kier alpha value is -2.78. The Bertz CT molecular complexity index is 1030.